The molecule has 1 aromatic rings. The highest BCUT2D eigenvalue weighted by molar-refractivity contribution is 5.76. The first-order valence-electron chi connectivity index (χ1n) is 6.02. The average molecular weight is 237 g/mol. The van der Waals surface area contributed by atoms with Crippen molar-refractivity contribution in [1.82, 2.24) is 25.4 Å². The quantitative estimate of drug-likeness (QED) is 0.677. The molecule has 6 nitrogen and oxygen atoms in total. The second kappa shape index (κ2) is 5.27. The first kappa shape index (κ1) is 12.0. The Kier molecular flexibility index (Phi) is 3.73. The largest absolute Gasteiger partial charge is 0.353 e. The molecule has 0 radical (unpaired) electrons. The van der Waals surface area contributed by atoms with Gasteiger partial charge in [-0.1, -0.05) is 0 Å². The van der Waals surface area contributed by atoms with Gasteiger partial charge in [-0.3, -0.25) is 4.79 Å². The van der Waals surface area contributed by atoms with Crippen LogP contribution in [0.1, 0.15) is 30.9 Å². The third-order valence-electron chi connectivity index (χ3n) is 2.94. The number of aromatic nitrogens is 3. The molecule has 0 unspecified atom stereocenters. The normalized spacial score (nSPS) is 14.9. The number of aryl methyl sites for hydroxylation is 1. The van der Waals surface area contributed by atoms with E-state index in [0.717, 1.165) is 24.5 Å². The molecule has 1 amide bonds. The van der Waals surface area contributed by atoms with Gasteiger partial charge in [0.25, 0.3) is 0 Å². The third kappa shape index (κ3) is 3.52. The molecule has 0 atom stereocenters. The summed E-state index contributed by atoms with van der Waals surface area (Å²) in [6.45, 7) is 3.23. The zero-order valence-corrected chi connectivity index (χ0v) is 10.4. The maximum absolute atomic E-state index is 11.4. The number of amides is 1. The van der Waals surface area contributed by atoms with E-state index in [1.807, 2.05) is 18.5 Å². The van der Waals surface area contributed by atoms with Crippen LogP contribution in [-0.2, 0) is 18.4 Å². The van der Waals surface area contributed by atoms with Crippen molar-refractivity contribution in [3.63, 3.8) is 0 Å². The van der Waals surface area contributed by atoms with Crippen molar-refractivity contribution in [3.05, 3.63) is 11.6 Å². The fraction of sp³-hybridized carbons (Fsp3) is 0.727. The second-order valence-electron chi connectivity index (χ2n) is 4.49. The molecule has 2 rings (SSSR count). The number of nitrogens with one attached hydrogen (secondary N) is 2. The van der Waals surface area contributed by atoms with E-state index >= 15 is 0 Å². The summed E-state index contributed by atoms with van der Waals surface area (Å²) in [6.07, 6.45) is 2.79. The summed E-state index contributed by atoms with van der Waals surface area (Å²) in [5, 5.41) is 14.2. The van der Waals surface area contributed by atoms with Gasteiger partial charge in [0, 0.05) is 26.1 Å². The van der Waals surface area contributed by atoms with Crippen molar-refractivity contribution in [2.45, 2.75) is 38.8 Å². The average Bonchev–Trinajstić information content (AvgIpc) is 3.05. The predicted molar refractivity (Wildman–Crippen MR) is 63.2 cm³/mol. The lowest BCUT2D eigenvalue weighted by molar-refractivity contribution is -0.121. The number of hydrogen-bond donors (Lipinski definition) is 2. The molecule has 0 saturated heterocycles. The van der Waals surface area contributed by atoms with Crippen LogP contribution >= 0.6 is 0 Å². The van der Waals surface area contributed by atoms with E-state index in [4.69, 9.17) is 0 Å². The van der Waals surface area contributed by atoms with E-state index in [1.54, 1.807) is 0 Å². The topological polar surface area (TPSA) is 71.8 Å². The Morgan fingerprint density at radius 1 is 1.47 bits per heavy atom. The summed E-state index contributed by atoms with van der Waals surface area (Å²) < 4.78 is 1.94. The maximum atomic E-state index is 11.4. The predicted octanol–water partition coefficient (Wildman–Crippen LogP) is -0.118. The Morgan fingerprint density at radius 3 is 2.82 bits per heavy atom. The highest BCUT2D eigenvalue weighted by Crippen LogP contribution is 2.18. The molecule has 1 aliphatic carbocycles. The number of hydrogen-bond acceptors (Lipinski definition) is 4. The van der Waals surface area contributed by atoms with Crippen LogP contribution in [0.15, 0.2) is 0 Å². The smallest absolute Gasteiger partial charge is 0.221 e. The van der Waals surface area contributed by atoms with Crippen molar-refractivity contribution in [2.24, 2.45) is 7.05 Å². The van der Waals surface area contributed by atoms with E-state index in [1.165, 1.54) is 0 Å². The second-order valence-corrected chi connectivity index (χ2v) is 4.49. The lowest BCUT2D eigenvalue weighted by Gasteiger charge is -2.05. The van der Waals surface area contributed by atoms with E-state index in [-0.39, 0.29) is 5.91 Å². The Balaban J connectivity index is 1.62. The summed E-state index contributed by atoms with van der Waals surface area (Å²) in [5.74, 6) is 1.92. The van der Waals surface area contributed by atoms with Gasteiger partial charge >= 0.3 is 0 Å². The summed E-state index contributed by atoms with van der Waals surface area (Å²) in [6, 6.07) is 0.448. The van der Waals surface area contributed by atoms with Gasteiger partial charge in [-0.15, -0.1) is 10.2 Å². The first-order chi connectivity index (χ1) is 8.16. The fourth-order valence-electron chi connectivity index (χ4n) is 1.53. The first-order valence-corrected chi connectivity index (χ1v) is 6.02. The van der Waals surface area contributed by atoms with Crippen LogP contribution in [0.5, 0.6) is 0 Å². The van der Waals surface area contributed by atoms with Crippen molar-refractivity contribution >= 4 is 5.91 Å². The summed E-state index contributed by atoms with van der Waals surface area (Å²) in [7, 11) is 1.94. The van der Waals surface area contributed by atoms with Gasteiger partial charge in [-0.25, -0.2) is 0 Å². The lowest BCUT2D eigenvalue weighted by atomic mass is 10.4. The van der Waals surface area contributed by atoms with Crippen LogP contribution in [-0.4, -0.2) is 33.3 Å². The number of rotatable bonds is 6. The Hall–Kier alpha value is -1.43. The molecule has 1 aromatic heterocycles. The maximum Gasteiger partial charge on any atom is 0.221 e. The minimum absolute atomic E-state index is 0.133. The SMILES string of the molecule is Cc1nnc(CNCCC(=O)NC2CC2)n1C. The zero-order valence-electron chi connectivity index (χ0n) is 10.4. The van der Waals surface area contributed by atoms with E-state index < -0.39 is 0 Å². The van der Waals surface area contributed by atoms with E-state index in [0.29, 0.717) is 25.6 Å². The van der Waals surface area contributed by atoms with Crippen LogP contribution < -0.4 is 10.6 Å². The van der Waals surface area contributed by atoms with Crippen LogP contribution in [0.4, 0.5) is 0 Å². The van der Waals surface area contributed by atoms with Crippen molar-refractivity contribution < 1.29 is 4.79 Å². The van der Waals surface area contributed by atoms with Gasteiger partial charge in [-0.05, 0) is 19.8 Å². The van der Waals surface area contributed by atoms with Crippen molar-refractivity contribution in [2.75, 3.05) is 6.54 Å². The molecular formula is C11H19N5O. The zero-order chi connectivity index (χ0) is 12.3. The molecule has 0 aliphatic heterocycles. The van der Waals surface area contributed by atoms with E-state index in [2.05, 4.69) is 20.8 Å². The van der Waals surface area contributed by atoms with Gasteiger partial charge in [0.05, 0.1) is 6.54 Å². The van der Waals surface area contributed by atoms with Gasteiger partial charge in [0.1, 0.15) is 11.6 Å². The minimum Gasteiger partial charge on any atom is -0.353 e. The third-order valence-corrected chi connectivity index (χ3v) is 2.94. The fourth-order valence-corrected chi connectivity index (χ4v) is 1.53. The summed E-state index contributed by atoms with van der Waals surface area (Å²) in [5.41, 5.74) is 0. The molecule has 0 bridgehead atoms. The minimum atomic E-state index is 0.133. The molecule has 6 heteroatoms. The molecule has 1 aliphatic rings. The summed E-state index contributed by atoms with van der Waals surface area (Å²) >= 11 is 0. The highest BCUT2D eigenvalue weighted by Gasteiger charge is 2.22. The Labute approximate surface area is 101 Å². The molecule has 2 N–H and O–H groups in total. The number of carbonyl (C=O) groups excluding carboxylic acids is 1. The van der Waals surface area contributed by atoms with E-state index in [9.17, 15) is 4.79 Å². The van der Waals surface area contributed by atoms with Gasteiger partial charge in [-0.2, -0.15) is 0 Å². The molecule has 0 spiro atoms. The molecule has 1 saturated carbocycles. The van der Waals surface area contributed by atoms with Gasteiger partial charge in [0.2, 0.25) is 5.91 Å². The molecule has 1 heterocycles. The standard InChI is InChI=1S/C11H19N5O/c1-8-14-15-10(16(8)2)7-12-6-5-11(17)13-9-3-4-9/h9,12H,3-7H2,1-2H3,(H,13,17). The van der Waals surface area contributed by atoms with Crippen LogP contribution in [0.2, 0.25) is 0 Å². The Morgan fingerprint density at radius 2 is 2.24 bits per heavy atom. The highest BCUT2D eigenvalue weighted by atomic mass is 16.1. The summed E-state index contributed by atoms with van der Waals surface area (Å²) in [4.78, 5) is 11.4. The molecule has 17 heavy (non-hydrogen) atoms. The number of carbonyl (C=O) groups is 1. The van der Waals surface area contributed by atoms with Crippen LogP contribution in [0, 0.1) is 6.92 Å². The molecule has 0 aromatic carbocycles. The van der Waals surface area contributed by atoms with Gasteiger partial charge in [0.15, 0.2) is 0 Å². The number of nitrogens with zero attached hydrogens (tertiary/aromatic N) is 3. The van der Waals surface area contributed by atoms with Crippen molar-refractivity contribution in [3.8, 4) is 0 Å². The molecule has 1 fully saturated rings. The van der Waals surface area contributed by atoms with Gasteiger partial charge < -0.3 is 15.2 Å². The molecular weight excluding hydrogens is 218 g/mol. The monoisotopic (exact) mass is 237 g/mol. The van der Waals surface area contributed by atoms with Crippen molar-refractivity contribution in [1.29, 1.82) is 0 Å². The van der Waals surface area contributed by atoms with Crippen LogP contribution in [0.25, 0.3) is 0 Å². The lowest BCUT2D eigenvalue weighted by Crippen LogP contribution is -2.29. The Bertz CT molecular complexity index is 397. The molecule has 94 valence electrons. The van der Waals surface area contributed by atoms with Crippen LogP contribution in [0.3, 0.4) is 0 Å².